The van der Waals surface area contributed by atoms with Crippen molar-refractivity contribution in [3.8, 4) is 0 Å². The Morgan fingerprint density at radius 1 is 1.54 bits per heavy atom. The molecular formula is C8H10Cl2FNO. The van der Waals surface area contributed by atoms with Gasteiger partial charge in [-0.05, 0) is 12.1 Å². The van der Waals surface area contributed by atoms with E-state index in [1.165, 1.54) is 18.2 Å². The summed E-state index contributed by atoms with van der Waals surface area (Å²) in [5, 5.41) is 8.93. The van der Waals surface area contributed by atoms with Crippen molar-refractivity contribution >= 4 is 24.0 Å². The molecule has 0 aliphatic carbocycles. The lowest BCUT2D eigenvalue weighted by Gasteiger charge is -2.10. The lowest BCUT2D eigenvalue weighted by Crippen LogP contribution is -2.16. The highest BCUT2D eigenvalue weighted by Crippen LogP contribution is 2.23. The lowest BCUT2D eigenvalue weighted by atomic mass is 10.1. The van der Waals surface area contributed by atoms with Crippen LogP contribution >= 0.6 is 24.0 Å². The minimum absolute atomic E-state index is 0. The molecule has 2 nitrogen and oxygen atoms in total. The highest BCUT2D eigenvalue weighted by Gasteiger charge is 2.13. The molecule has 0 spiro atoms. The fourth-order valence-corrected chi connectivity index (χ4v) is 1.26. The van der Waals surface area contributed by atoms with E-state index in [-0.39, 0.29) is 29.6 Å². The van der Waals surface area contributed by atoms with Crippen LogP contribution in [-0.2, 0) is 0 Å². The van der Waals surface area contributed by atoms with Crippen LogP contribution in [-0.4, -0.2) is 11.7 Å². The van der Waals surface area contributed by atoms with Crippen molar-refractivity contribution in [3.63, 3.8) is 0 Å². The van der Waals surface area contributed by atoms with Crippen LogP contribution in [0, 0.1) is 5.82 Å². The van der Waals surface area contributed by atoms with Crippen molar-refractivity contribution < 1.29 is 9.50 Å². The van der Waals surface area contributed by atoms with Crippen LogP contribution in [0.25, 0.3) is 0 Å². The zero-order chi connectivity index (χ0) is 9.14. The van der Waals surface area contributed by atoms with E-state index in [1.54, 1.807) is 0 Å². The number of aliphatic hydroxyl groups excluding tert-OH is 1. The molecule has 1 aromatic rings. The largest absolute Gasteiger partial charge is 0.394 e. The summed E-state index contributed by atoms with van der Waals surface area (Å²) < 4.78 is 13.0. The Kier molecular flexibility index (Phi) is 5.25. The van der Waals surface area contributed by atoms with E-state index in [1.807, 2.05) is 0 Å². The fraction of sp³-hybridized carbons (Fsp3) is 0.250. The van der Waals surface area contributed by atoms with Gasteiger partial charge in [-0.25, -0.2) is 4.39 Å². The molecule has 0 aliphatic rings. The second-order valence-corrected chi connectivity index (χ2v) is 2.83. The molecule has 1 rings (SSSR count). The number of hydrogen-bond donors (Lipinski definition) is 2. The standard InChI is InChI=1S/C8H9ClFNO.ClH/c9-5-2-1-3-6(10)8(5)7(11)4-12;/h1-3,7,12H,4,11H2;1H/t7-;/m1./s1. The number of nitrogens with two attached hydrogens (primary N) is 1. The summed E-state index contributed by atoms with van der Waals surface area (Å²) in [5.74, 6) is -0.482. The van der Waals surface area contributed by atoms with Crippen molar-refractivity contribution in [2.45, 2.75) is 6.04 Å². The molecule has 0 aliphatic heterocycles. The fourth-order valence-electron chi connectivity index (χ4n) is 0.956. The summed E-state index contributed by atoms with van der Waals surface area (Å²) in [5.41, 5.74) is 5.59. The Labute approximate surface area is 86.9 Å². The van der Waals surface area contributed by atoms with Gasteiger partial charge in [0.05, 0.1) is 12.6 Å². The normalized spacial score (nSPS) is 12.0. The Morgan fingerprint density at radius 3 is 2.62 bits per heavy atom. The van der Waals surface area contributed by atoms with Gasteiger partial charge < -0.3 is 10.8 Å². The molecule has 74 valence electrons. The topological polar surface area (TPSA) is 46.2 Å². The third-order valence-electron chi connectivity index (χ3n) is 1.57. The molecule has 13 heavy (non-hydrogen) atoms. The molecular weight excluding hydrogens is 216 g/mol. The summed E-state index contributed by atoms with van der Waals surface area (Å²) in [6.07, 6.45) is 0. The second-order valence-electron chi connectivity index (χ2n) is 2.42. The van der Waals surface area contributed by atoms with Gasteiger partial charge in [-0.3, -0.25) is 0 Å². The average molecular weight is 226 g/mol. The van der Waals surface area contributed by atoms with Crippen LogP contribution in [0.4, 0.5) is 4.39 Å². The Morgan fingerprint density at radius 2 is 2.15 bits per heavy atom. The first-order chi connectivity index (χ1) is 5.66. The first kappa shape index (κ1) is 12.7. The van der Waals surface area contributed by atoms with Gasteiger partial charge in [-0.1, -0.05) is 17.7 Å². The molecule has 0 fully saturated rings. The molecule has 0 amide bonds. The Balaban J connectivity index is 0.00000144. The van der Waals surface area contributed by atoms with Crippen molar-refractivity contribution in [2.24, 2.45) is 5.73 Å². The van der Waals surface area contributed by atoms with Crippen LogP contribution < -0.4 is 5.73 Å². The van der Waals surface area contributed by atoms with Gasteiger partial charge in [-0.15, -0.1) is 12.4 Å². The number of benzene rings is 1. The van der Waals surface area contributed by atoms with E-state index in [0.29, 0.717) is 0 Å². The molecule has 1 atom stereocenters. The zero-order valence-electron chi connectivity index (χ0n) is 6.71. The molecule has 0 radical (unpaired) electrons. The number of hydrogen-bond acceptors (Lipinski definition) is 2. The third kappa shape index (κ3) is 2.81. The van der Waals surface area contributed by atoms with Gasteiger partial charge in [0.25, 0.3) is 0 Å². The third-order valence-corrected chi connectivity index (χ3v) is 1.90. The van der Waals surface area contributed by atoms with Gasteiger partial charge in [-0.2, -0.15) is 0 Å². The number of halogens is 3. The van der Waals surface area contributed by atoms with E-state index in [2.05, 4.69) is 0 Å². The van der Waals surface area contributed by atoms with E-state index >= 15 is 0 Å². The predicted octanol–water partition coefficient (Wildman–Crippen LogP) is 1.89. The molecule has 3 N–H and O–H groups in total. The predicted molar refractivity (Wildman–Crippen MR) is 52.7 cm³/mol. The van der Waals surface area contributed by atoms with Crippen LogP contribution in [0.15, 0.2) is 18.2 Å². The van der Waals surface area contributed by atoms with Gasteiger partial charge >= 0.3 is 0 Å². The molecule has 5 heteroatoms. The van der Waals surface area contributed by atoms with Crippen LogP contribution in [0.3, 0.4) is 0 Å². The quantitative estimate of drug-likeness (QED) is 0.808. The molecule has 1 aromatic carbocycles. The SMILES string of the molecule is Cl.N[C@H](CO)c1c(F)cccc1Cl. The highest BCUT2D eigenvalue weighted by molar-refractivity contribution is 6.31. The van der Waals surface area contributed by atoms with Gasteiger partial charge in [0.2, 0.25) is 0 Å². The Hall–Kier alpha value is -0.350. The molecule has 0 aromatic heterocycles. The molecule has 0 heterocycles. The van der Waals surface area contributed by atoms with Crippen molar-refractivity contribution in [3.05, 3.63) is 34.6 Å². The molecule has 0 saturated carbocycles. The summed E-state index contributed by atoms with van der Waals surface area (Å²) >= 11 is 5.67. The maximum absolute atomic E-state index is 13.0. The number of rotatable bonds is 2. The summed E-state index contributed by atoms with van der Waals surface area (Å²) in [7, 11) is 0. The van der Waals surface area contributed by atoms with Gasteiger partial charge in [0.15, 0.2) is 0 Å². The maximum atomic E-state index is 13.0. The van der Waals surface area contributed by atoms with Crippen molar-refractivity contribution in [1.82, 2.24) is 0 Å². The van der Waals surface area contributed by atoms with Gasteiger partial charge in [0.1, 0.15) is 5.82 Å². The van der Waals surface area contributed by atoms with Crippen LogP contribution in [0.1, 0.15) is 11.6 Å². The van der Waals surface area contributed by atoms with E-state index in [9.17, 15) is 4.39 Å². The molecule has 0 saturated heterocycles. The first-order valence-corrected chi connectivity index (χ1v) is 3.85. The minimum Gasteiger partial charge on any atom is -0.394 e. The summed E-state index contributed by atoms with van der Waals surface area (Å²) in [6.45, 7) is -0.319. The minimum atomic E-state index is -0.751. The summed E-state index contributed by atoms with van der Waals surface area (Å²) in [4.78, 5) is 0. The van der Waals surface area contributed by atoms with Crippen LogP contribution in [0.5, 0.6) is 0 Å². The highest BCUT2D eigenvalue weighted by atomic mass is 35.5. The van der Waals surface area contributed by atoms with Gasteiger partial charge in [0, 0.05) is 10.6 Å². The summed E-state index contributed by atoms with van der Waals surface area (Å²) in [6, 6.07) is 3.54. The Bertz CT molecular complexity index is 263. The van der Waals surface area contributed by atoms with Crippen LogP contribution in [0.2, 0.25) is 5.02 Å². The van der Waals surface area contributed by atoms with Crippen molar-refractivity contribution in [2.75, 3.05) is 6.61 Å². The second kappa shape index (κ2) is 5.40. The first-order valence-electron chi connectivity index (χ1n) is 3.47. The smallest absolute Gasteiger partial charge is 0.129 e. The maximum Gasteiger partial charge on any atom is 0.129 e. The number of aliphatic hydroxyl groups is 1. The molecule has 0 bridgehead atoms. The van der Waals surface area contributed by atoms with E-state index in [0.717, 1.165) is 0 Å². The van der Waals surface area contributed by atoms with E-state index < -0.39 is 11.9 Å². The average Bonchev–Trinajstić information content (AvgIpc) is 2.03. The van der Waals surface area contributed by atoms with E-state index in [4.69, 9.17) is 22.4 Å². The van der Waals surface area contributed by atoms with Crippen molar-refractivity contribution in [1.29, 1.82) is 0 Å². The lowest BCUT2D eigenvalue weighted by molar-refractivity contribution is 0.265. The monoisotopic (exact) mass is 225 g/mol. The molecule has 0 unspecified atom stereocenters. The zero-order valence-corrected chi connectivity index (χ0v) is 8.28.